The average Bonchev–Trinajstić information content (AvgIpc) is 3.55. The average molecular weight is 758 g/mol. The number of carbonyl (C=O) groups excluding carboxylic acids is 6. The summed E-state index contributed by atoms with van der Waals surface area (Å²) in [6.07, 6.45) is 4.41. The lowest BCUT2D eigenvalue weighted by atomic mass is 10.0. The Bertz CT molecular complexity index is 1210. The van der Waals surface area contributed by atoms with Crippen molar-refractivity contribution in [3.8, 4) is 0 Å². The van der Waals surface area contributed by atoms with E-state index < -0.39 is 71.5 Å². The first-order valence-corrected chi connectivity index (χ1v) is 19.4. The summed E-state index contributed by atoms with van der Waals surface area (Å²) >= 11 is 1.49. The molecule has 5 atom stereocenters. The van der Waals surface area contributed by atoms with Crippen molar-refractivity contribution in [1.29, 1.82) is 0 Å². The Morgan fingerprint density at radius 1 is 0.865 bits per heavy atom. The monoisotopic (exact) mass is 757 g/mol. The van der Waals surface area contributed by atoms with Crippen LogP contribution in [0, 0.1) is 5.92 Å². The molecule has 17 nitrogen and oxygen atoms in total. The van der Waals surface area contributed by atoms with E-state index in [0.717, 1.165) is 0 Å². The number of likely N-dealkylation sites (tertiary alicyclic amines) is 1. The van der Waals surface area contributed by atoms with Crippen LogP contribution >= 0.6 is 11.8 Å². The number of alkyl carbamates (subject to hydrolysis) is 1. The lowest BCUT2D eigenvalue weighted by Crippen LogP contribution is -2.59. The SMILES string of the molecule is COC(=O)[C@@H]1CCCN1C(=O)[C@H](CCSC)NC(=O)[C@H](CCCN=C(N)N)NC(=O)[C@H](CCCCN)NC(=O)[C@H](CC(C)C)NC(=O)OC(C)(C)C. The van der Waals surface area contributed by atoms with Gasteiger partial charge in [0.1, 0.15) is 35.8 Å². The van der Waals surface area contributed by atoms with Crippen molar-refractivity contribution >= 4 is 53.4 Å². The first-order valence-electron chi connectivity index (χ1n) is 18.0. The number of guanidine groups is 1. The number of ether oxygens (including phenoxy) is 2. The van der Waals surface area contributed by atoms with Crippen LogP contribution in [0.25, 0.3) is 0 Å². The number of hydrogen-bond donors (Lipinski definition) is 7. The van der Waals surface area contributed by atoms with Crippen LogP contribution in [0.3, 0.4) is 0 Å². The lowest BCUT2D eigenvalue weighted by molar-refractivity contribution is -0.152. The maximum atomic E-state index is 13.9. The third-order valence-electron chi connectivity index (χ3n) is 8.11. The zero-order valence-electron chi connectivity index (χ0n) is 32.0. The molecule has 0 unspecified atom stereocenters. The van der Waals surface area contributed by atoms with Crippen molar-refractivity contribution in [3.63, 3.8) is 0 Å². The number of nitrogens with two attached hydrogens (primary N) is 3. The fourth-order valence-electron chi connectivity index (χ4n) is 5.61. The van der Waals surface area contributed by atoms with E-state index in [9.17, 15) is 28.8 Å². The van der Waals surface area contributed by atoms with Crippen LogP contribution in [0.4, 0.5) is 4.79 Å². The molecule has 0 radical (unpaired) electrons. The number of esters is 1. The summed E-state index contributed by atoms with van der Waals surface area (Å²) in [6, 6.07) is -4.94. The van der Waals surface area contributed by atoms with Crippen molar-refractivity contribution in [2.45, 2.75) is 128 Å². The van der Waals surface area contributed by atoms with Gasteiger partial charge in [0.2, 0.25) is 23.6 Å². The van der Waals surface area contributed by atoms with Crippen LogP contribution in [0.5, 0.6) is 0 Å². The predicted molar refractivity (Wildman–Crippen MR) is 201 cm³/mol. The smallest absolute Gasteiger partial charge is 0.408 e. The number of hydrogen-bond acceptors (Lipinski definition) is 11. The van der Waals surface area contributed by atoms with Crippen molar-refractivity contribution in [1.82, 2.24) is 26.2 Å². The zero-order chi connectivity index (χ0) is 39.4. The van der Waals surface area contributed by atoms with E-state index in [1.54, 1.807) is 20.8 Å². The van der Waals surface area contributed by atoms with Gasteiger partial charge in [-0.05, 0) is 103 Å². The minimum absolute atomic E-state index is 0.0127. The molecule has 0 saturated carbocycles. The number of amides is 5. The van der Waals surface area contributed by atoms with Crippen molar-refractivity contribution < 1.29 is 38.2 Å². The number of unbranched alkanes of at least 4 members (excludes halogenated alkanes) is 1. The van der Waals surface area contributed by atoms with Crippen molar-refractivity contribution in [2.24, 2.45) is 28.1 Å². The highest BCUT2D eigenvalue weighted by atomic mass is 32.2. The minimum atomic E-state index is -1.14. The van der Waals surface area contributed by atoms with E-state index in [1.165, 1.54) is 23.8 Å². The summed E-state index contributed by atoms with van der Waals surface area (Å²) in [4.78, 5) is 85.5. The van der Waals surface area contributed by atoms with Crippen LogP contribution in [0.2, 0.25) is 0 Å². The molecule has 0 aliphatic carbocycles. The number of thioether (sulfide) groups is 1. The van der Waals surface area contributed by atoms with Crippen LogP contribution in [-0.4, -0.2) is 121 Å². The number of nitrogens with zero attached hydrogens (tertiary/aromatic N) is 2. The number of methoxy groups -OCH3 is 1. The van der Waals surface area contributed by atoms with E-state index in [0.29, 0.717) is 50.9 Å². The Morgan fingerprint density at radius 2 is 1.44 bits per heavy atom. The second-order valence-corrected chi connectivity index (χ2v) is 15.2. The largest absolute Gasteiger partial charge is 0.467 e. The van der Waals surface area contributed by atoms with E-state index in [-0.39, 0.29) is 44.1 Å². The highest BCUT2D eigenvalue weighted by Crippen LogP contribution is 2.21. The molecule has 10 N–H and O–H groups in total. The van der Waals surface area contributed by atoms with Crippen LogP contribution < -0.4 is 38.5 Å². The molecule has 18 heteroatoms. The highest BCUT2D eigenvalue weighted by molar-refractivity contribution is 7.98. The van der Waals surface area contributed by atoms with Crippen LogP contribution in [-0.2, 0) is 33.4 Å². The van der Waals surface area contributed by atoms with Gasteiger partial charge in [0, 0.05) is 13.1 Å². The molecular formula is C34H63N9O8S. The summed E-state index contributed by atoms with van der Waals surface area (Å²) in [7, 11) is 1.26. The summed E-state index contributed by atoms with van der Waals surface area (Å²) in [5, 5.41) is 11.0. The van der Waals surface area contributed by atoms with E-state index in [2.05, 4.69) is 26.3 Å². The van der Waals surface area contributed by atoms with Crippen molar-refractivity contribution in [2.75, 3.05) is 38.8 Å². The van der Waals surface area contributed by atoms with Gasteiger partial charge in [-0.25, -0.2) is 9.59 Å². The zero-order valence-corrected chi connectivity index (χ0v) is 32.8. The third kappa shape index (κ3) is 17.6. The molecule has 1 rings (SSSR count). The van der Waals surface area contributed by atoms with Gasteiger partial charge in [-0.2, -0.15) is 11.8 Å². The van der Waals surface area contributed by atoms with E-state index in [1.807, 2.05) is 20.1 Å². The summed E-state index contributed by atoms with van der Waals surface area (Å²) in [6.45, 7) is 9.79. The fourth-order valence-corrected chi connectivity index (χ4v) is 6.08. The van der Waals surface area contributed by atoms with Gasteiger partial charge in [0.05, 0.1) is 7.11 Å². The van der Waals surface area contributed by atoms with Gasteiger partial charge in [-0.15, -0.1) is 0 Å². The molecule has 0 aromatic carbocycles. The van der Waals surface area contributed by atoms with E-state index >= 15 is 0 Å². The first kappa shape index (κ1) is 46.2. The van der Waals surface area contributed by atoms with Crippen LogP contribution in [0.1, 0.15) is 92.4 Å². The maximum Gasteiger partial charge on any atom is 0.408 e. The fraction of sp³-hybridized carbons (Fsp3) is 0.794. The van der Waals surface area contributed by atoms with Gasteiger partial charge in [0.15, 0.2) is 5.96 Å². The molecule has 1 heterocycles. The van der Waals surface area contributed by atoms with Crippen molar-refractivity contribution in [3.05, 3.63) is 0 Å². The molecule has 1 saturated heterocycles. The Hall–Kier alpha value is -3.80. The topological polar surface area (TPSA) is 263 Å². The quantitative estimate of drug-likeness (QED) is 0.0344. The standard InChI is InChI=1S/C34H63N9O8S/c1-21(2)20-25(42-33(49)51-34(3,4)5)29(46)40-22(12-8-9-16-35)27(44)39-23(13-10-17-38-32(36)37)28(45)41-24(15-19-52-7)30(47)43-18-11-14-26(43)31(48)50-6/h21-26H,8-20,35H2,1-7H3,(H,39,44)(H,40,46)(H,41,45)(H,42,49)(H4,36,37,38)/t22-,23-,24-,25-,26-/m0/s1. The number of aliphatic imine (C=N–C) groups is 1. The molecule has 0 aromatic heterocycles. The maximum absolute atomic E-state index is 13.9. The molecule has 0 aromatic rings. The lowest BCUT2D eigenvalue weighted by Gasteiger charge is -2.30. The molecule has 298 valence electrons. The summed E-state index contributed by atoms with van der Waals surface area (Å²) in [5.74, 6) is -2.36. The van der Waals surface area contributed by atoms with Gasteiger partial charge in [-0.1, -0.05) is 13.8 Å². The van der Waals surface area contributed by atoms with Gasteiger partial charge < -0.3 is 52.8 Å². The second kappa shape index (κ2) is 23.7. The number of nitrogens with one attached hydrogen (secondary N) is 4. The van der Waals surface area contributed by atoms with Gasteiger partial charge in [0.25, 0.3) is 0 Å². The molecule has 5 amide bonds. The molecular weight excluding hydrogens is 694 g/mol. The molecule has 1 fully saturated rings. The van der Waals surface area contributed by atoms with E-state index in [4.69, 9.17) is 26.7 Å². The highest BCUT2D eigenvalue weighted by Gasteiger charge is 2.39. The normalized spacial score (nSPS) is 16.6. The second-order valence-electron chi connectivity index (χ2n) is 14.2. The minimum Gasteiger partial charge on any atom is -0.467 e. The summed E-state index contributed by atoms with van der Waals surface area (Å²) < 4.78 is 10.3. The Balaban J connectivity index is 3.33. The Labute approximate surface area is 312 Å². The van der Waals surface area contributed by atoms with Gasteiger partial charge >= 0.3 is 12.1 Å². The molecule has 1 aliphatic rings. The number of rotatable bonds is 22. The van der Waals surface area contributed by atoms with Crippen LogP contribution in [0.15, 0.2) is 4.99 Å². The third-order valence-corrected chi connectivity index (χ3v) is 8.75. The number of carbonyl (C=O) groups is 6. The van der Waals surface area contributed by atoms with Gasteiger partial charge in [-0.3, -0.25) is 24.2 Å². The predicted octanol–water partition coefficient (Wildman–Crippen LogP) is 0.480. The first-order chi connectivity index (χ1) is 24.4. The molecule has 52 heavy (non-hydrogen) atoms. The molecule has 0 bridgehead atoms. The Morgan fingerprint density at radius 3 is 1.96 bits per heavy atom. The Kier molecular flexibility index (Phi) is 21.1. The molecule has 1 aliphatic heterocycles. The summed E-state index contributed by atoms with van der Waals surface area (Å²) in [5.41, 5.74) is 15.9. The molecule has 0 spiro atoms.